The van der Waals surface area contributed by atoms with E-state index in [1.807, 2.05) is 0 Å². The molecule has 42 valence electrons. The van der Waals surface area contributed by atoms with Crippen LogP contribution in [0.2, 0.25) is 0 Å². The molecule has 0 aliphatic rings. The van der Waals surface area contributed by atoms with E-state index in [4.69, 9.17) is 4.55 Å². The predicted molar refractivity (Wildman–Crippen MR) is 26.5 cm³/mol. The van der Waals surface area contributed by atoms with Gasteiger partial charge in [-0.1, -0.05) is 0 Å². The predicted octanol–water partition coefficient (Wildman–Crippen LogP) is -0.196. The SMILES string of the molecule is O=S(=O)(O)OCl.[H-].[H-].[Mg+2]. The fourth-order valence-corrected chi connectivity index (χ4v) is 0. The van der Waals surface area contributed by atoms with Gasteiger partial charge in [-0.2, -0.15) is 8.42 Å². The van der Waals surface area contributed by atoms with E-state index in [9.17, 15) is 8.42 Å². The standard InChI is InChI=1S/ClHO4S.Mg.2H/c1-5-6(2,3)4;;;/h(H,2,3,4);;;/q;+2;2*-1. The van der Waals surface area contributed by atoms with Crippen molar-refractivity contribution in [3.8, 4) is 0 Å². The number of halogens is 1. The number of rotatable bonds is 1. The van der Waals surface area contributed by atoms with Crippen molar-refractivity contribution in [2.75, 3.05) is 0 Å². The van der Waals surface area contributed by atoms with Gasteiger partial charge in [0.25, 0.3) is 0 Å². The Labute approximate surface area is 65.0 Å². The summed E-state index contributed by atoms with van der Waals surface area (Å²) in [5, 5.41) is 0. The van der Waals surface area contributed by atoms with E-state index in [2.05, 4.69) is 15.6 Å². The van der Waals surface area contributed by atoms with Gasteiger partial charge in [-0.25, -0.2) is 0 Å². The fraction of sp³-hybridized carbons (Fsp3) is 0. The molecule has 7 heteroatoms. The molecule has 4 nitrogen and oxygen atoms in total. The van der Waals surface area contributed by atoms with Crippen LogP contribution in [0.15, 0.2) is 0 Å². The van der Waals surface area contributed by atoms with Crippen LogP contribution in [0.5, 0.6) is 0 Å². The number of hydrogen-bond donors (Lipinski definition) is 1. The molecule has 0 aromatic heterocycles. The van der Waals surface area contributed by atoms with E-state index in [0.717, 1.165) is 0 Å². The van der Waals surface area contributed by atoms with Gasteiger partial charge in [0.1, 0.15) is 0 Å². The second kappa shape index (κ2) is 3.87. The van der Waals surface area contributed by atoms with Gasteiger partial charge in [0, 0.05) is 0 Å². The summed E-state index contributed by atoms with van der Waals surface area (Å²) in [6.07, 6.45) is 0. The first kappa shape index (κ1) is 10.8. The Balaban J connectivity index is -0.0000000417. The molecule has 0 saturated carbocycles. The third-order valence-electron chi connectivity index (χ3n) is 0.0796. The van der Waals surface area contributed by atoms with Crippen molar-refractivity contribution in [3.05, 3.63) is 0 Å². The summed E-state index contributed by atoms with van der Waals surface area (Å²) in [6, 6.07) is 0. The first-order chi connectivity index (χ1) is 2.56. The molecule has 0 spiro atoms. The second-order valence-electron chi connectivity index (χ2n) is 0.491. The van der Waals surface area contributed by atoms with Crippen LogP contribution >= 0.6 is 11.9 Å². The zero-order valence-corrected chi connectivity index (χ0v) is 6.15. The molecule has 0 aromatic rings. The first-order valence-corrected chi connectivity index (χ1v) is 2.51. The Hall–Kier alpha value is 0.926. The minimum absolute atomic E-state index is 0. The Morgan fingerprint density at radius 2 is 1.86 bits per heavy atom. The van der Waals surface area contributed by atoms with Crippen LogP contribution in [0.4, 0.5) is 0 Å². The summed E-state index contributed by atoms with van der Waals surface area (Å²) in [5.74, 6) is 0. The molecule has 0 fully saturated rings. The van der Waals surface area contributed by atoms with Crippen LogP contribution in [0.25, 0.3) is 0 Å². The van der Waals surface area contributed by atoms with E-state index in [1.165, 1.54) is 0 Å². The monoisotopic (exact) mass is 158 g/mol. The Bertz CT molecular complexity index is 121. The summed E-state index contributed by atoms with van der Waals surface area (Å²) in [5.41, 5.74) is 0. The topological polar surface area (TPSA) is 63.6 Å². The molecule has 0 aliphatic heterocycles. The molecular formula is H3ClMgO4S. The molecule has 0 radical (unpaired) electrons. The van der Waals surface area contributed by atoms with E-state index >= 15 is 0 Å². The number of hydrogen-bond acceptors (Lipinski definition) is 3. The van der Waals surface area contributed by atoms with Crippen molar-refractivity contribution in [1.82, 2.24) is 0 Å². The molecule has 0 unspecified atom stereocenters. The summed E-state index contributed by atoms with van der Waals surface area (Å²) in [6.45, 7) is 0. The largest absolute Gasteiger partial charge is 2.00 e. The van der Waals surface area contributed by atoms with Gasteiger partial charge in [-0.05, 0) is 0 Å². The quantitative estimate of drug-likeness (QED) is 0.425. The maximum Gasteiger partial charge on any atom is 2.00 e. The molecule has 0 atom stereocenters. The Morgan fingerprint density at radius 3 is 1.86 bits per heavy atom. The van der Waals surface area contributed by atoms with Gasteiger partial charge < -0.3 is 2.85 Å². The van der Waals surface area contributed by atoms with Crippen molar-refractivity contribution in [3.63, 3.8) is 0 Å². The van der Waals surface area contributed by atoms with Crippen LogP contribution in [0, 0.1) is 0 Å². The van der Waals surface area contributed by atoms with Crippen molar-refractivity contribution in [2.45, 2.75) is 0 Å². The van der Waals surface area contributed by atoms with Crippen molar-refractivity contribution < 1.29 is 19.6 Å². The minimum atomic E-state index is -4.40. The van der Waals surface area contributed by atoms with Crippen LogP contribution in [-0.4, -0.2) is 36.0 Å². The molecule has 0 aromatic carbocycles. The Morgan fingerprint density at radius 1 is 1.71 bits per heavy atom. The molecule has 0 aliphatic carbocycles. The fourth-order valence-electron chi connectivity index (χ4n) is 0. The van der Waals surface area contributed by atoms with Crippen LogP contribution in [-0.2, 0) is 14.1 Å². The van der Waals surface area contributed by atoms with Gasteiger partial charge >= 0.3 is 33.5 Å². The van der Waals surface area contributed by atoms with Gasteiger partial charge in [-0.15, -0.1) is 3.74 Å². The van der Waals surface area contributed by atoms with Gasteiger partial charge in [0.15, 0.2) is 0 Å². The molecule has 0 amide bonds. The van der Waals surface area contributed by atoms with Crippen molar-refractivity contribution >= 4 is 45.3 Å². The smallest absolute Gasteiger partial charge is 1.00 e. The van der Waals surface area contributed by atoms with Crippen LogP contribution < -0.4 is 0 Å². The molecular weight excluding hydrogens is 156 g/mol. The molecule has 0 rings (SSSR count). The van der Waals surface area contributed by atoms with Gasteiger partial charge in [0.05, 0.1) is 11.9 Å². The summed E-state index contributed by atoms with van der Waals surface area (Å²) in [4.78, 5) is 0. The third kappa shape index (κ3) is 10.9. The van der Waals surface area contributed by atoms with E-state index in [1.54, 1.807) is 0 Å². The third-order valence-corrected chi connectivity index (χ3v) is 0.716. The van der Waals surface area contributed by atoms with E-state index in [-0.39, 0.29) is 25.9 Å². The normalized spacial score (nSPS) is 10.0. The summed E-state index contributed by atoms with van der Waals surface area (Å²) < 4.78 is 28.8. The molecule has 0 heterocycles. The van der Waals surface area contributed by atoms with Crippen molar-refractivity contribution in [2.24, 2.45) is 0 Å². The average molecular weight is 159 g/mol. The summed E-state index contributed by atoms with van der Waals surface area (Å²) >= 11 is 4.14. The maximum absolute atomic E-state index is 9.20. The molecule has 1 N–H and O–H groups in total. The van der Waals surface area contributed by atoms with Crippen molar-refractivity contribution in [1.29, 1.82) is 0 Å². The van der Waals surface area contributed by atoms with Crippen LogP contribution in [0.1, 0.15) is 2.85 Å². The first-order valence-electron chi connectivity index (χ1n) is 0.837. The summed E-state index contributed by atoms with van der Waals surface area (Å²) in [7, 11) is -4.40. The van der Waals surface area contributed by atoms with Gasteiger partial charge in [-0.3, -0.25) is 4.55 Å². The molecule has 7 heavy (non-hydrogen) atoms. The van der Waals surface area contributed by atoms with E-state index < -0.39 is 10.4 Å². The zero-order chi connectivity index (χ0) is 5.21. The van der Waals surface area contributed by atoms with Gasteiger partial charge in [0.2, 0.25) is 0 Å². The Kier molecular flexibility index (Phi) is 5.99. The zero-order valence-electron chi connectivity index (χ0n) is 5.17. The minimum Gasteiger partial charge on any atom is -1.00 e. The molecule has 0 bridgehead atoms. The second-order valence-corrected chi connectivity index (χ2v) is 1.85. The van der Waals surface area contributed by atoms with Crippen LogP contribution in [0.3, 0.4) is 0 Å². The maximum atomic E-state index is 9.20. The average Bonchev–Trinajstić information content (AvgIpc) is 1.35. The molecule has 0 saturated heterocycles. The van der Waals surface area contributed by atoms with E-state index in [0.29, 0.717) is 0 Å².